The molecule has 0 spiro atoms. The Bertz CT molecular complexity index is 503. The molecule has 106 valence electrons. The van der Waals surface area contributed by atoms with Gasteiger partial charge in [-0.2, -0.15) is 5.10 Å². The van der Waals surface area contributed by atoms with Crippen LogP contribution >= 0.6 is 0 Å². The van der Waals surface area contributed by atoms with Crippen LogP contribution in [0.3, 0.4) is 0 Å². The predicted molar refractivity (Wildman–Crippen MR) is 72.0 cm³/mol. The number of carbonyl (C=O) groups excluding carboxylic acids is 1. The Balaban J connectivity index is 2.72. The lowest BCUT2D eigenvalue weighted by Crippen LogP contribution is -2.40. The molecule has 1 rings (SSSR count). The Kier molecular flexibility index (Phi) is 4.83. The van der Waals surface area contributed by atoms with E-state index in [1.807, 2.05) is 20.8 Å². The average Bonchev–Trinajstić information content (AvgIpc) is 2.34. The first-order valence-electron chi connectivity index (χ1n) is 6.30. The van der Waals surface area contributed by atoms with Crippen molar-refractivity contribution in [3.8, 4) is 0 Å². The highest BCUT2D eigenvalue weighted by Gasteiger charge is 2.22. The van der Waals surface area contributed by atoms with Gasteiger partial charge in [0.25, 0.3) is 11.5 Å². The number of nitrogens with one attached hydrogen (secondary N) is 1. The van der Waals surface area contributed by atoms with Crippen molar-refractivity contribution in [2.75, 3.05) is 6.54 Å². The molecule has 0 aliphatic rings. The van der Waals surface area contributed by atoms with Crippen LogP contribution in [0.4, 0.5) is 0 Å². The fraction of sp³-hybridized carbons (Fsp3) is 0.615. The van der Waals surface area contributed by atoms with E-state index in [9.17, 15) is 14.7 Å². The van der Waals surface area contributed by atoms with Gasteiger partial charge in [0, 0.05) is 19.2 Å². The van der Waals surface area contributed by atoms with Gasteiger partial charge in [-0.15, -0.1) is 0 Å². The summed E-state index contributed by atoms with van der Waals surface area (Å²) in [6.07, 6.45) is -0.645. The van der Waals surface area contributed by atoms with E-state index < -0.39 is 12.0 Å². The summed E-state index contributed by atoms with van der Waals surface area (Å²) < 4.78 is 1.22. The molecule has 0 bridgehead atoms. The molecule has 0 radical (unpaired) electrons. The zero-order chi connectivity index (χ0) is 14.6. The van der Waals surface area contributed by atoms with E-state index in [2.05, 4.69) is 10.4 Å². The highest BCUT2D eigenvalue weighted by Crippen LogP contribution is 2.18. The third kappa shape index (κ3) is 4.17. The molecule has 0 saturated heterocycles. The smallest absolute Gasteiger partial charge is 0.271 e. The molecule has 1 unspecified atom stereocenters. The monoisotopic (exact) mass is 267 g/mol. The molecular formula is C13H21N3O3. The van der Waals surface area contributed by atoms with Crippen LogP contribution in [0.15, 0.2) is 16.9 Å². The van der Waals surface area contributed by atoms with Crippen LogP contribution < -0.4 is 10.9 Å². The lowest BCUT2D eigenvalue weighted by atomic mass is 9.89. The van der Waals surface area contributed by atoms with E-state index in [4.69, 9.17) is 0 Å². The quantitative estimate of drug-likeness (QED) is 0.827. The summed E-state index contributed by atoms with van der Waals surface area (Å²) in [6, 6.07) is 2.69. The molecule has 1 aromatic heterocycles. The molecule has 0 aliphatic carbocycles. The number of amides is 1. The maximum atomic E-state index is 11.9. The highest BCUT2D eigenvalue weighted by molar-refractivity contribution is 5.91. The normalized spacial score (nSPS) is 13.1. The maximum absolute atomic E-state index is 11.9. The van der Waals surface area contributed by atoms with E-state index in [1.165, 1.54) is 16.8 Å². The minimum atomic E-state index is -0.645. The first-order valence-corrected chi connectivity index (χ1v) is 6.30. The van der Waals surface area contributed by atoms with Crippen molar-refractivity contribution in [1.29, 1.82) is 0 Å². The number of hydrogen-bond donors (Lipinski definition) is 2. The summed E-state index contributed by atoms with van der Waals surface area (Å²) in [6.45, 7) is 8.00. The SMILES string of the molecule is CCn1nc(C(=O)NCC(O)C(C)(C)C)ccc1=O. The summed E-state index contributed by atoms with van der Waals surface area (Å²) in [7, 11) is 0. The lowest BCUT2D eigenvalue weighted by Gasteiger charge is -2.25. The zero-order valence-electron chi connectivity index (χ0n) is 11.8. The molecule has 6 heteroatoms. The second-order valence-corrected chi connectivity index (χ2v) is 5.46. The summed E-state index contributed by atoms with van der Waals surface area (Å²) in [4.78, 5) is 23.2. The summed E-state index contributed by atoms with van der Waals surface area (Å²) in [5, 5.41) is 16.4. The zero-order valence-corrected chi connectivity index (χ0v) is 11.8. The van der Waals surface area contributed by atoms with Crippen molar-refractivity contribution in [1.82, 2.24) is 15.1 Å². The Morgan fingerprint density at radius 1 is 1.47 bits per heavy atom. The molecule has 2 N–H and O–H groups in total. The lowest BCUT2D eigenvalue weighted by molar-refractivity contribution is 0.0585. The van der Waals surface area contributed by atoms with Crippen molar-refractivity contribution >= 4 is 5.91 Å². The van der Waals surface area contributed by atoms with E-state index in [0.717, 1.165) is 0 Å². The summed E-state index contributed by atoms with van der Waals surface area (Å²) in [5.41, 5.74) is -0.376. The number of aliphatic hydroxyl groups excluding tert-OH is 1. The Morgan fingerprint density at radius 3 is 2.63 bits per heavy atom. The fourth-order valence-electron chi connectivity index (χ4n) is 1.38. The van der Waals surface area contributed by atoms with Gasteiger partial charge in [0.2, 0.25) is 0 Å². The molecule has 0 aromatic carbocycles. The van der Waals surface area contributed by atoms with E-state index in [1.54, 1.807) is 6.92 Å². The minimum Gasteiger partial charge on any atom is -0.391 e. The van der Waals surface area contributed by atoms with Gasteiger partial charge in [-0.3, -0.25) is 9.59 Å². The minimum absolute atomic E-state index is 0.148. The second-order valence-electron chi connectivity index (χ2n) is 5.46. The first kappa shape index (κ1) is 15.4. The second kappa shape index (κ2) is 5.97. The molecule has 1 atom stereocenters. The number of rotatable bonds is 4. The average molecular weight is 267 g/mol. The highest BCUT2D eigenvalue weighted by atomic mass is 16.3. The van der Waals surface area contributed by atoms with Crippen LogP contribution in [-0.4, -0.2) is 33.4 Å². The molecule has 0 aliphatic heterocycles. The molecule has 0 saturated carbocycles. The van der Waals surface area contributed by atoms with Crippen LogP contribution in [-0.2, 0) is 6.54 Å². The van der Waals surface area contributed by atoms with Crippen molar-refractivity contribution < 1.29 is 9.90 Å². The van der Waals surface area contributed by atoms with Gasteiger partial charge in [-0.1, -0.05) is 20.8 Å². The number of nitrogens with zero attached hydrogens (tertiary/aromatic N) is 2. The number of carbonyl (C=O) groups is 1. The van der Waals surface area contributed by atoms with Crippen LogP contribution in [0, 0.1) is 5.41 Å². The van der Waals surface area contributed by atoms with Crippen molar-refractivity contribution in [2.24, 2.45) is 5.41 Å². The summed E-state index contributed by atoms with van der Waals surface area (Å²) >= 11 is 0. The molecule has 19 heavy (non-hydrogen) atoms. The Morgan fingerprint density at radius 2 is 2.11 bits per heavy atom. The van der Waals surface area contributed by atoms with Crippen LogP contribution in [0.1, 0.15) is 38.2 Å². The maximum Gasteiger partial charge on any atom is 0.271 e. The topological polar surface area (TPSA) is 84.2 Å². The fourth-order valence-corrected chi connectivity index (χ4v) is 1.38. The number of aryl methyl sites for hydroxylation is 1. The Labute approximate surface area is 112 Å². The van der Waals surface area contributed by atoms with Gasteiger partial charge in [0.05, 0.1) is 6.10 Å². The molecule has 1 aromatic rings. The van der Waals surface area contributed by atoms with Crippen LogP contribution in [0.25, 0.3) is 0 Å². The van der Waals surface area contributed by atoms with Gasteiger partial charge in [-0.05, 0) is 18.4 Å². The van der Waals surface area contributed by atoms with E-state index in [0.29, 0.717) is 6.54 Å². The van der Waals surface area contributed by atoms with Crippen molar-refractivity contribution in [3.63, 3.8) is 0 Å². The molecule has 1 amide bonds. The van der Waals surface area contributed by atoms with Gasteiger partial charge in [0.1, 0.15) is 5.69 Å². The molecular weight excluding hydrogens is 246 g/mol. The van der Waals surface area contributed by atoms with Crippen LogP contribution in [0.2, 0.25) is 0 Å². The molecule has 1 heterocycles. The molecule has 6 nitrogen and oxygen atoms in total. The van der Waals surface area contributed by atoms with Gasteiger partial charge in [0.15, 0.2) is 0 Å². The van der Waals surface area contributed by atoms with Gasteiger partial charge >= 0.3 is 0 Å². The van der Waals surface area contributed by atoms with Gasteiger partial charge in [-0.25, -0.2) is 4.68 Å². The molecule has 0 fully saturated rings. The van der Waals surface area contributed by atoms with E-state index >= 15 is 0 Å². The number of aromatic nitrogens is 2. The number of aliphatic hydroxyl groups is 1. The third-order valence-electron chi connectivity index (χ3n) is 2.85. The Hall–Kier alpha value is -1.69. The number of hydrogen-bond acceptors (Lipinski definition) is 4. The van der Waals surface area contributed by atoms with E-state index in [-0.39, 0.29) is 23.2 Å². The predicted octanol–water partition coefficient (Wildman–Crippen LogP) is 0.400. The summed E-state index contributed by atoms with van der Waals surface area (Å²) in [5.74, 6) is -0.398. The first-order chi connectivity index (χ1) is 8.75. The van der Waals surface area contributed by atoms with Crippen LogP contribution in [0.5, 0.6) is 0 Å². The van der Waals surface area contributed by atoms with Crippen molar-refractivity contribution in [2.45, 2.75) is 40.3 Å². The standard InChI is InChI=1S/C13H21N3O3/c1-5-16-11(18)7-6-9(15-16)12(19)14-8-10(17)13(2,3)4/h6-7,10,17H,5,8H2,1-4H3,(H,14,19). The van der Waals surface area contributed by atoms with Crippen molar-refractivity contribution in [3.05, 3.63) is 28.2 Å². The third-order valence-corrected chi connectivity index (χ3v) is 2.85. The largest absolute Gasteiger partial charge is 0.391 e. The van der Waals surface area contributed by atoms with Gasteiger partial charge < -0.3 is 10.4 Å².